The standard InChI is InChI=1S/C4H9.3C3H8N.HN.Ta/c1-4(2)3;3*1-3-4-2;;/h1-3H3;3*3H2,1-2H3;1H;/q;3*-1;;+3. The zero-order chi connectivity index (χ0) is 14.8. The summed E-state index contributed by atoms with van der Waals surface area (Å²) in [5.41, 5.74) is 0. The van der Waals surface area contributed by atoms with E-state index in [1.807, 2.05) is 0 Å². The number of hydrogen-bond donors (Lipinski definition) is 1. The third-order valence-electron chi connectivity index (χ3n) is 4.55. The van der Waals surface area contributed by atoms with E-state index in [2.05, 4.69) is 72.6 Å². The van der Waals surface area contributed by atoms with Crippen molar-refractivity contribution in [1.29, 1.82) is 3.76 Å². The van der Waals surface area contributed by atoms with Gasteiger partial charge in [-0.3, -0.25) is 0 Å². The minimum atomic E-state index is -4.20. The van der Waals surface area contributed by atoms with Gasteiger partial charge in [-0.05, 0) is 0 Å². The van der Waals surface area contributed by atoms with Crippen LogP contribution in [0.15, 0.2) is 0 Å². The number of nitrogens with zero attached hydrogens (tertiary/aromatic N) is 3. The Labute approximate surface area is 116 Å². The Balaban J connectivity index is 6.32. The van der Waals surface area contributed by atoms with Crippen LogP contribution in [0.25, 0.3) is 0 Å². The molecule has 5 heteroatoms. The Bertz CT molecular complexity index is 296. The van der Waals surface area contributed by atoms with E-state index in [-0.39, 0.29) is 3.63 Å². The van der Waals surface area contributed by atoms with Crippen molar-refractivity contribution in [3.05, 3.63) is 0 Å². The van der Waals surface area contributed by atoms with E-state index in [9.17, 15) is 3.76 Å². The summed E-state index contributed by atoms with van der Waals surface area (Å²) in [5, 5.41) is 0. The second-order valence-corrected chi connectivity index (χ2v) is 25.3. The van der Waals surface area contributed by atoms with E-state index < -0.39 is 16.4 Å². The molecule has 0 radical (unpaired) electrons. The van der Waals surface area contributed by atoms with Crippen LogP contribution in [0.2, 0.25) is 3.63 Å². The molecule has 1 N–H and O–H groups in total. The van der Waals surface area contributed by atoms with Gasteiger partial charge >= 0.3 is 116 Å². The Morgan fingerprint density at radius 3 is 1.11 bits per heavy atom. The third-order valence-corrected chi connectivity index (χ3v) is 30.4. The fourth-order valence-corrected chi connectivity index (χ4v) is 25.6. The van der Waals surface area contributed by atoms with Crippen molar-refractivity contribution in [2.24, 2.45) is 0 Å². The first-order valence-electron chi connectivity index (χ1n) is 6.96. The molecule has 0 aromatic carbocycles. The van der Waals surface area contributed by atoms with Crippen LogP contribution in [0, 0.1) is 3.76 Å². The van der Waals surface area contributed by atoms with Crippen LogP contribution >= 0.6 is 0 Å². The van der Waals surface area contributed by atoms with Gasteiger partial charge in [0.05, 0.1) is 0 Å². The van der Waals surface area contributed by atoms with E-state index in [4.69, 9.17) is 0 Å². The van der Waals surface area contributed by atoms with Crippen LogP contribution in [0.4, 0.5) is 0 Å². The fraction of sp³-hybridized carbons (Fsp3) is 1.00. The first-order valence-corrected chi connectivity index (χ1v) is 14.5. The van der Waals surface area contributed by atoms with Crippen LogP contribution in [0.3, 0.4) is 0 Å². The molecule has 0 bridgehead atoms. The summed E-state index contributed by atoms with van der Waals surface area (Å²) in [6.45, 7) is 16.0. The third kappa shape index (κ3) is 2.17. The zero-order valence-corrected chi connectivity index (χ0v) is 17.1. The summed E-state index contributed by atoms with van der Waals surface area (Å²) < 4.78 is 16.8. The normalized spacial score (nSPS) is 16.3. The van der Waals surface area contributed by atoms with Gasteiger partial charge in [-0.25, -0.2) is 0 Å². The molecule has 0 aromatic rings. The first-order chi connectivity index (χ1) is 8.02. The van der Waals surface area contributed by atoms with Gasteiger partial charge in [0.2, 0.25) is 0 Å². The van der Waals surface area contributed by atoms with Gasteiger partial charge in [0.15, 0.2) is 0 Å². The molecule has 111 valence electrons. The Morgan fingerprint density at radius 1 is 0.778 bits per heavy atom. The average molecular weight is 427 g/mol. The summed E-state index contributed by atoms with van der Waals surface area (Å²) in [5.74, 6) is 0. The first kappa shape index (κ1) is 18.4. The Morgan fingerprint density at radius 2 is 1.00 bits per heavy atom. The van der Waals surface area contributed by atoms with E-state index in [1.54, 1.807) is 0 Å². The summed E-state index contributed by atoms with van der Waals surface area (Å²) in [4.78, 5) is 0. The van der Waals surface area contributed by atoms with Crippen LogP contribution < -0.4 is 0 Å². The molecule has 0 saturated heterocycles. The average Bonchev–Trinajstić information content (AvgIpc) is 2.32. The second kappa shape index (κ2) is 5.82. The van der Waals surface area contributed by atoms with E-state index in [0.717, 1.165) is 19.6 Å². The number of nitrogens with one attached hydrogen (secondary N) is 1. The molecule has 0 saturated carbocycles. The van der Waals surface area contributed by atoms with Gasteiger partial charge in [0.1, 0.15) is 0 Å². The molecular weight excluding hydrogens is 393 g/mol. The van der Waals surface area contributed by atoms with Crippen LogP contribution in [0.1, 0.15) is 41.5 Å². The number of hydrogen-bond acceptors (Lipinski definition) is 1. The van der Waals surface area contributed by atoms with Crippen molar-refractivity contribution < 1.29 is 16.4 Å². The molecular formula is C13H34N4Ta. The molecule has 0 aliphatic heterocycles. The molecule has 0 amide bonds. The SMILES string of the molecule is CC[N](C)[Ta](=[NH])([N](C)CC)([N](C)CC)[C](C)(C)C. The summed E-state index contributed by atoms with van der Waals surface area (Å²) in [6, 6.07) is 0. The van der Waals surface area contributed by atoms with Gasteiger partial charge in [0.25, 0.3) is 0 Å². The monoisotopic (exact) mass is 427 g/mol. The summed E-state index contributed by atoms with van der Waals surface area (Å²) in [6.07, 6.45) is 0. The molecule has 18 heavy (non-hydrogen) atoms. The van der Waals surface area contributed by atoms with Crippen LogP contribution in [-0.2, 0) is 16.4 Å². The van der Waals surface area contributed by atoms with Gasteiger partial charge < -0.3 is 0 Å². The van der Waals surface area contributed by atoms with Crippen molar-refractivity contribution in [3.63, 3.8) is 0 Å². The zero-order valence-electron chi connectivity index (χ0n) is 13.9. The molecule has 0 aliphatic carbocycles. The molecule has 0 atom stereocenters. The summed E-state index contributed by atoms with van der Waals surface area (Å²) in [7, 11) is 6.43. The fourth-order valence-electron chi connectivity index (χ4n) is 3.12. The van der Waals surface area contributed by atoms with E-state index in [1.165, 1.54) is 0 Å². The van der Waals surface area contributed by atoms with Gasteiger partial charge in [-0.15, -0.1) is 0 Å². The summed E-state index contributed by atoms with van der Waals surface area (Å²) >= 11 is -4.20. The Kier molecular flexibility index (Phi) is 5.95. The van der Waals surface area contributed by atoms with Crippen molar-refractivity contribution in [3.8, 4) is 0 Å². The predicted molar refractivity (Wildman–Crippen MR) is 77.3 cm³/mol. The van der Waals surface area contributed by atoms with Crippen molar-refractivity contribution >= 4 is 0 Å². The topological polar surface area (TPSA) is 33.6 Å². The number of rotatable bonds is 6. The van der Waals surface area contributed by atoms with Crippen molar-refractivity contribution in [1.82, 2.24) is 9.91 Å². The van der Waals surface area contributed by atoms with Gasteiger partial charge in [-0.2, -0.15) is 0 Å². The molecule has 0 rings (SSSR count). The molecule has 0 aliphatic rings. The van der Waals surface area contributed by atoms with Crippen molar-refractivity contribution in [2.75, 3.05) is 40.8 Å². The molecule has 4 nitrogen and oxygen atoms in total. The molecule has 0 fully saturated rings. The second-order valence-electron chi connectivity index (χ2n) is 6.07. The van der Waals surface area contributed by atoms with Crippen molar-refractivity contribution in [2.45, 2.75) is 45.2 Å². The van der Waals surface area contributed by atoms with Gasteiger partial charge in [-0.1, -0.05) is 0 Å². The molecule has 0 spiro atoms. The molecule has 0 unspecified atom stereocenters. The van der Waals surface area contributed by atoms with E-state index >= 15 is 0 Å². The Hall–Kier alpha value is 0.420. The van der Waals surface area contributed by atoms with Crippen LogP contribution in [-0.4, -0.2) is 50.7 Å². The van der Waals surface area contributed by atoms with Crippen LogP contribution in [0.5, 0.6) is 0 Å². The quantitative estimate of drug-likeness (QED) is 0.707. The predicted octanol–water partition coefficient (Wildman–Crippen LogP) is 3.26. The van der Waals surface area contributed by atoms with Gasteiger partial charge in [0, 0.05) is 0 Å². The maximum atomic E-state index is 9.73. The molecule has 0 aromatic heterocycles. The minimum absolute atomic E-state index is 0.0219. The maximum absolute atomic E-state index is 9.73. The van der Waals surface area contributed by atoms with E-state index in [0.29, 0.717) is 0 Å². The molecule has 0 heterocycles.